The largest absolute Gasteiger partial charge is 0.466 e. The first kappa shape index (κ1) is 21.2. The molecule has 4 rings (SSSR count). The summed E-state index contributed by atoms with van der Waals surface area (Å²) in [4.78, 5) is 37.1. The molecule has 2 atom stereocenters. The van der Waals surface area contributed by atoms with Crippen LogP contribution in [0.2, 0.25) is 0 Å². The molecule has 1 aromatic heterocycles. The van der Waals surface area contributed by atoms with Crippen LogP contribution in [0.25, 0.3) is 0 Å². The summed E-state index contributed by atoms with van der Waals surface area (Å²) < 4.78 is 5.15. The molecular formula is C23H27N5O3. The van der Waals surface area contributed by atoms with E-state index in [0.717, 1.165) is 6.42 Å². The average molecular weight is 422 g/mol. The number of piperidine rings is 1. The van der Waals surface area contributed by atoms with E-state index in [-0.39, 0.29) is 29.2 Å². The average Bonchev–Trinajstić information content (AvgIpc) is 3.07. The van der Waals surface area contributed by atoms with Crippen molar-refractivity contribution in [3.63, 3.8) is 0 Å². The topological polar surface area (TPSA) is 120 Å². The fourth-order valence-electron chi connectivity index (χ4n) is 5.96. The Labute approximate surface area is 182 Å². The second kappa shape index (κ2) is 7.02. The maximum Gasteiger partial charge on any atom is 0.309 e. The van der Waals surface area contributed by atoms with Gasteiger partial charge in [-0.05, 0) is 38.0 Å². The number of carbonyl (C=O) groups excluding carboxylic acids is 2. The van der Waals surface area contributed by atoms with E-state index in [1.54, 1.807) is 6.92 Å². The number of likely N-dealkylation sites (tertiary alicyclic amines) is 1. The number of fused-ring (bicyclic) bond motifs is 5. The first-order chi connectivity index (χ1) is 14.7. The summed E-state index contributed by atoms with van der Waals surface area (Å²) >= 11 is 0. The molecule has 162 valence electrons. The minimum Gasteiger partial charge on any atom is -0.466 e. The van der Waals surface area contributed by atoms with Crippen molar-refractivity contribution < 1.29 is 14.3 Å². The van der Waals surface area contributed by atoms with Gasteiger partial charge in [-0.1, -0.05) is 20.8 Å². The van der Waals surface area contributed by atoms with Crippen molar-refractivity contribution in [1.82, 2.24) is 14.9 Å². The van der Waals surface area contributed by atoms with Crippen molar-refractivity contribution in [3.8, 4) is 12.1 Å². The highest BCUT2D eigenvalue weighted by molar-refractivity contribution is 5.92. The molecule has 0 N–H and O–H groups in total. The van der Waals surface area contributed by atoms with Crippen LogP contribution in [0.15, 0.2) is 0 Å². The van der Waals surface area contributed by atoms with Gasteiger partial charge in [0.2, 0.25) is 5.91 Å². The Hall–Kier alpha value is -3.00. The number of amides is 1. The molecule has 0 radical (unpaired) electrons. The number of hydrogen-bond donors (Lipinski definition) is 0. The number of nitriles is 2. The second-order valence-electron chi connectivity index (χ2n) is 9.52. The van der Waals surface area contributed by atoms with E-state index in [9.17, 15) is 20.1 Å². The van der Waals surface area contributed by atoms with Crippen LogP contribution in [0, 0.1) is 34.0 Å². The molecule has 1 saturated heterocycles. The molecule has 0 spiro atoms. The van der Waals surface area contributed by atoms with Crippen LogP contribution in [-0.4, -0.2) is 46.4 Å². The normalized spacial score (nSPS) is 28.5. The van der Waals surface area contributed by atoms with Gasteiger partial charge >= 0.3 is 5.97 Å². The zero-order chi connectivity index (χ0) is 22.6. The zero-order valence-corrected chi connectivity index (χ0v) is 18.5. The molecule has 1 amide bonds. The van der Waals surface area contributed by atoms with Crippen LogP contribution >= 0.6 is 0 Å². The summed E-state index contributed by atoms with van der Waals surface area (Å²) in [6.07, 6.45) is 2.55. The minimum atomic E-state index is -0.888. The Morgan fingerprint density at radius 3 is 2.19 bits per heavy atom. The van der Waals surface area contributed by atoms with Gasteiger partial charge in [0.15, 0.2) is 11.4 Å². The number of aromatic nitrogens is 2. The number of esters is 1. The highest BCUT2D eigenvalue weighted by Gasteiger charge is 2.73. The Bertz CT molecular complexity index is 1040. The molecule has 1 aromatic rings. The van der Waals surface area contributed by atoms with Gasteiger partial charge in [0, 0.05) is 18.5 Å². The Balaban J connectivity index is 1.72. The number of rotatable bonds is 3. The molecule has 8 nitrogen and oxygen atoms in total. The van der Waals surface area contributed by atoms with E-state index < -0.39 is 16.2 Å². The lowest BCUT2D eigenvalue weighted by Crippen LogP contribution is -2.54. The van der Waals surface area contributed by atoms with Crippen molar-refractivity contribution in [2.75, 3.05) is 19.7 Å². The fraction of sp³-hybridized carbons (Fsp3) is 0.652. The highest BCUT2D eigenvalue weighted by atomic mass is 16.5. The Morgan fingerprint density at radius 2 is 1.65 bits per heavy atom. The van der Waals surface area contributed by atoms with Gasteiger partial charge < -0.3 is 9.64 Å². The van der Waals surface area contributed by atoms with Gasteiger partial charge in [-0.2, -0.15) is 10.5 Å². The molecule has 0 aromatic carbocycles. The maximum atomic E-state index is 14.1. The predicted molar refractivity (Wildman–Crippen MR) is 109 cm³/mol. The minimum absolute atomic E-state index is 0.00909. The molecule has 1 aliphatic heterocycles. The lowest BCUT2D eigenvalue weighted by molar-refractivity contribution is -0.153. The summed E-state index contributed by atoms with van der Waals surface area (Å²) in [7, 11) is 0. The quantitative estimate of drug-likeness (QED) is 0.687. The molecule has 2 aliphatic carbocycles. The summed E-state index contributed by atoms with van der Waals surface area (Å²) in [5.41, 5.74) is -0.551. The number of carbonyl (C=O) groups is 2. The summed E-state index contributed by atoms with van der Waals surface area (Å²) in [5, 5.41) is 18.9. The SMILES string of the molecule is CCOC(=O)C1CCN(C(=O)C23CCC(C)(c4nc(C#N)c(C#N)nc42)C3(C)C)CC1. The number of ether oxygens (including phenoxy) is 1. The van der Waals surface area contributed by atoms with Crippen LogP contribution in [0.4, 0.5) is 0 Å². The van der Waals surface area contributed by atoms with Gasteiger partial charge in [0.1, 0.15) is 12.1 Å². The predicted octanol–water partition coefficient (Wildman–Crippen LogP) is 2.35. The third-order valence-corrected chi connectivity index (χ3v) is 8.25. The lowest BCUT2D eigenvalue weighted by Gasteiger charge is -2.43. The van der Waals surface area contributed by atoms with Gasteiger partial charge in [0.05, 0.1) is 29.3 Å². The molecule has 2 heterocycles. The van der Waals surface area contributed by atoms with Gasteiger partial charge in [-0.25, -0.2) is 9.97 Å². The number of nitrogens with zero attached hydrogens (tertiary/aromatic N) is 5. The zero-order valence-electron chi connectivity index (χ0n) is 18.5. The van der Waals surface area contributed by atoms with Crippen molar-refractivity contribution in [2.45, 2.75) is 64.2 Å². The lowest BCUT2D eigenvalue weighted by atomic mass is 9.63. The summed E-state index contributed by atoms with van der Waals surface area (Å²) in [6.45, 7) is 9.36. The van der Waals surface area contributed by atoms with E-state index in [1.807, 2.05) is 17.0 Å². The fourth-order valence-corrected chi connectivity index (χ4v) is 5.96. The van der Waals surface area contributed by atoms with Gasteiger partial charge in [0.25, 0.3) is 0 Å². The van der Waals surface area contributed by atoms with E-state index in [2.05, 4.69) is 30.7 Å². The van der Waals surface area contributed by atoms with Crippen LogP contribution < -0.4 is 0 Å². The third-order valence-electron chi connectivity index (χ3n) is 8.25. The van der Waals surface area contributed by atoms with Crippen molar-refractivity contribution in [2.24, 2.45) is 11.3 Å². The molecule has 1 saturated carbocycles. The maximum absolute atomic E-state index is 14.1. The van der Waals surface area contributed by atoms with Crippen LogP contribution in [0.3, 0.4) is 0 Å². The van der Waals surface area contributed by atoms with Crippen molar-refractivity contribution in [1.29, 1.82) is 10.5 Å². The second-order valence-corrected chi connectivity index (χ2v) is 9.52. The first-order valence-electron chi connectivity index (χ1n) is 10.9. The summed E-state index contributed by atoms with van der Waals surface area (Å²) in [5.74, 6) is -0.381. The van der Waals surface area contributed by atoms with E-state index in [0.29, 0.717) is 50.3 Å². The van der Waals surface area contributed by atoms with Crippen LogP contribution in [0.1, 0.15) is 76.2 Å². The monoisotopic (exact) mass is 421 g/mol. The molecule has 2 unspecified atom stereocenters. The third kappa shape index (κ3) is 2.57. The van der Waals surface area contributed by atoms with Gasteiger partial charge in [-0.15, -0.1) is 0 Å². The molecule has 3 aliphatic rings. The smallest absolute Gasteiger partial charge is 0.309 e. The van der Waals surface area contributed by atoms with Gasteiger partial charge in [-0.3, -0.25) is 9.59 Å². The Kier molecular flexibility index (Phi) is 4.81. The van der Waals surface area contributed by atoms with Crippen LogP contribution in [-0.2, 0) is 25.2 Å². The molecular weight excluding hydrogens is 394 g/mol. The van der Waals surface area contributed by atoms with E-state index in [1.165, 1.54) is 0 Å². The first-order valence-corrected chi connectivity index (χ1v) is 10.9. The van der Waals surface area contributed by atoms with Crippen LogP contribution in [0.5, 0.6) is 0 Å². The molecule has 2 bridgehead atoms. The van der Waals surface area contributed by atoms with E-state index >= 15 is 0 Å². The molecule has 31 heavy (non-hydrogen) atoms. The molecule has 2 fully saturated rings. The van der Waals surface area contributed by atoms with E-state index in [4.69, 9.17) is 4.74 Å². The summed E-state index contributed by atoms with van der Waals surface area (Å²) in [6, 6.07) is 3.94. The number of hydrogen-bond acceptors (Lipinski definition) is 7. The standard InChI is InChI=1S/C23H27N5O3/c1-5-31-19(29)14-6-10-28(11-7-14)20(30)23-9-8-22(4,21(23,2)3)17-18(23)27-16(13-25)15(12-24)26-17/h14H,5-11H2,1-4H3. The Morgan fingerprint density at radius 1 is 1.06 bits per heavy atom. The van der Waals surface area contributed by atoms with Crippen molar-refractivity contribution in [3.05, 3.63) is 22.8 Å². The molecule has 8 heteroatoms. The van der Waals surface area contributed by atoms with Crippen molar-refractivity contribution >= 4 is 11.9 Å². The highest BCUT2D eigenvalue weighted by Crippen LogP contribution is 2.70.